The van der Waals surface area contributed by atoms with Gasteiger partial charge in [0.1, 0.15) is 17.2 Å². The predicted molar refractivity (Wildman–Crippen MR) is 94.0 cm³/mol. The number of aromatic hydroxyl groups is 1. The number of halogens is 4. The van der Waals surface area contributed by atoms with Gasteiger partial charge in [-0.15, -0.1) is 0 Å². The van der Waals surface area contributed by atoms with Crippen molar-refractivity contribution >= 4 is 35.4 Å². The molecule has 0 spiro atoms. The smallest absolute Gasteiger partial charge is 0.345 e. The summed E-state index contributed by atoms with van der Waals surface area (Å²) in [6.45, 7) is 1.51. The van der Waals surface area contributed by atoms with Gasteiger partial charge in [-0.05, 0) is 19.1 Å². The van der Waals surface area contributed by atoms with E-state index in [-0.39, 0.29) is 27.9 Å². The van der Waals surface area contributed by atoms with Crippen molar-refractivity contribution in [2.75, 3.05) is 6.61 Å². The molecule has 0 saturated heterocycles. The van der Waals surface area contributed by atoms with Crippen molar-refractivity contribution in [2.24, 2.45) is 0 Å². The number of pyridine rings is 1. The van der Waals surface area contributed by atoms with Gasteiger partial charge < -0.3 is 9.84 Å². The lowest BCUT2D eigenvalue weighted by molar-refractivity contribution is 0.0521. The van der Waals surface area contributed by atoms with Gasteiger partial charge in [-0.1, -0.05) is 23.8 Å². The maximum atomic E-state index is 14.4. The average Bonchev–Trinajstić information content (AvgIpc) is 2.59. The van der Waals surface area contributed by atoms with E-state index in [1.54, 1.807) is 0 Å². The molecule has 0 fully saturated rings. The fraction of sp³-hybridized carbons (Fsp3) is 0.118. The summed E-state index contributed by atoms with van der Waals surface area (Å²) in [6, 6.07) is 2.68. The van der Waals surface area contributed by atoms with Crippen LogP contribution in [0.1, 0.15) is 17.3 Å². The second-order valence-electron chi connectivity index (χ2n) is 5.32. The van der Waals surface area contributed by atoms with E-state index < -0.39 is 40.0 Å². The molecule has 0 atom stereocenters. The van der Waals surface area contributed by atoms with Crippen LogP contribution in [-0.2, 0) is 4.74 Å². The highest BCUT2D eigenvalue weighted by atomic mass is 35.5. The van der Waals surface area contributed by atoms with Gasteiger partial charge in [-0.2, -0.15) is 0 Å². The zero-order valence-corrected chi connectivity index (χ0v) is 15.2. The van der Waals surface area contributed by atoms with Crippen molar-refractivity contribution in [1.82, 2.24) is 9.38 Å². The van der Waals surface area contributed by atoms with Gasteiger partial charge >= 0.3 is 5.97 Å². The molecule has 0 radical (unpaired) electrons. The van der Waals surface area contributed by atoms with Crippen LogP contribution < -0.4 is 0 Å². The van der Waals surface area contributed by atoms with Gasteiger partial charge in [0.2, 0.25) is 5.88 Å². The Kier molecular flexibility index (Phi) is 5.07. The molecule has 3 rings (SSSR count). The average molecular weight is 415 g/mol. The molecule has 0 aliphatic carbocycles. The summed E-state index contributed by atoms with van der Waals surface area (Å²) in [7, 11) is 0. The number of carbonyl (C=O) groups is 1. The van der Waals surface area contributed by atoms with Crippen LogP contribution >= 0.6 is 23.8 Å². The molecule has 5 nitrogen and oxygen atoms in total. The van der Waals surface area contributed by atoms with Crippen LogP contribution in [0.25, 0.3) is 16.8 Å². The lowest BCUT2D eigenvalue weighted by Gasteiger charge is -2.15. The third-order valence-electron chi connectivity index (χ3n) is 3.68. The molecule has 1 N–H and O–H groups in total. The molecule has 0 saturated carbocycles. The fourth-order valence-electron chi connectivity index (χ4n) is 2.54. The van der Waals surface area contributed by atoms with Crippen molar-refractivity contribution in [3.8, 4) is 17.0 Å². The minimum Gasteiger partial charge on any atom is -0.494 e. The van der Waals surface area contributed by atoms with E-state index >= 15 is 0 Å². The largest absolute Gasteiger partial charge is 0.494 e. The predicted octanol–water partition coefficient (Wildman–Crippen LogP) is 4.68. The Bertz CT molecular complexity index is 1150. The second-order valence-corrected chi connectivity index (χ2v) is 6.09. The van der Waals surface area contributed by atoms with Crippen molar-refractivity contribution in [3.05, 3.63) is 57.1 Å². The van der Waals surface area contributed by atoms with E-state index in [9.17, 15) is 23.1 Å². The molecule has 0 unspecified atom stereocenters. The maximum Gasteiger partial charge on any atom is 0.345 e. The minimum atomic E-state index is -0.998. The van der Waals surface area contributed by atoms with Crippen molar-refractivity contribution in [1.29, 1.82) is 0 Å². The molecule has 2 heterocycles. The quantitative estimate of drug-likeness (QED) is 0.383. The first-order chi connectivity index (χ1) is 12.8. The lowest BCUT2D eigenvalue weighted by Crippen LogP contribution is -2.11. The Morgan fingerprint density at radius 2 is 2.04 bits per heavy atom. The SMILES string of the molecule is CCOC(=O)c1c(O)n2cc(F)c(Cl)nc2c(-c2ccc(F)cc2F)c1=S. The number of hydrogen-bond acceptors (Lipinski definition) is 5. The third-order valence-corrected chi connectivity index (χ3v) is 4.35. The number of esters is 1. The normalized spacial score (nSPS) is 11.0. The van der Waals surface area contributed by atoms with Crippen LogP contribution in [0.5, 0.6) is 5.88 Å². The van der Waals surface area contributed by atoms with E-state index in [0.29, 0.717) is 6.07 Å². The number of carbonyl (C=O) groups excluding carboxylic acids is 1. The van der Waals surface area contributed by atoms with Gasteiger partial charge in [0.25, 0.3) is 0 Å². The number of rotatable bonds is 3. The zero-order valence-electron chi connectivity index (χ0n) is 13.6. The fourth-order valence-corrected chi connectivity index (χ4v) is 3.04. The Labute approximate surface area is 160 Å². The number of ether oxygens (including phenoxy) is 1. The van der Waals surface area contributed by atoms with Gasteiger partial charge in [0.15, 0.2) is 16.6 Å². The number of aromatic nitrogens is 2. The highest BCUT2D eigenvalue weighted by Gasteiger charge is 2.25. The van der Waals surface area contributed by atoms with Crippen LogP contribution in [0.4, 0.5) is 13.2 Å². The Morgan fingerprint density at radius 3 is 2.67 bits per heavy atom. The highest BCUT2D eigenvalue weighted by Crippen LogP contribution is 2.35. The monoisotopic (exact) mass is 414 g/mol. The number of nitrogens with zero attached hydrogens (tertiary/aromatic N) is 2. The molecule has 10 heteroatoms. The van der Waals surface area contributed by atoms with Crippen molar-refractivity contribution in [3.63, 3.8) is 0 Å². The van der Waals surface area contributed by atoms with Gasteiger partial charge in [0.05, 0.1) is 17.3 Å². The highest BCUT2D eigenvalue weighted by molar-refractivity contribution is 7.71. The first kappa shape index (κ1) is 19.1. The molecule has 0 amide bonds. The number of benzene rings is 1. The van der Waals surface area contributed by atoms with Gasteiger partial charge in [-0.3, -0.25) is 4.40 Å². The number of fused-ring (bicyclic) bond motifs is 1. The van der Waals surface area contributed by atoms with E-state index in [0.717, 1.165) is 22.7 Å². The molecule has 27 heavy (non-hydrogen) atoms. The molecular weight excluding hydrogens is 405 g/mol. The summed E-state index contributed by atoms with van der Waals surface area (Å²) in [5, 5.41) is 9.86. The van der Waals surface area contributed by atoms with Crippen LogP contribution in [0.15, 0.2) is 24.4 Å². The van der Waals surface area contributed by atoms with Crippen LogP contribution in [0.2, 0.25) is 5.15 Å². The van der Waals surface area contributed by atoms with Crippen molar-refractivity contribution in [2.45, 2.75) is 6.92 Å². The van der Waals surface area contributed by atoms with E-state index in [2.05, 4.69) is 4.98 Å². The maximum absolute atomic E-state index is 14.4. The molecular formula is C17H10ClF3N2O3S. The number of hydrogen-bond donors (Lipinski definition) is 1. The summed E-state index contributed by atoms with van der Waals surface area (Å²) < 4.78 is 46.9. The first-order valence-corrected chi connectivity index (χ1v) is 8.30. The summed E-state index contributed by atoms with van der Waals surface area (Å²) in [6.07, 6.45) is 0.766. The second kappa shape index (κ2) is 7.16. The van der Waals surface area contributed by atoms with E-state index in [4.69, 9.17) is 28.6 Å². The standard InChI is InChI=1S/C17H10ClF3N2O3S/c1-2-26-17(25)12-13(27)11(8-4-3-7(19)5-9(8)20)15-22-14(18)10(21)6-23(15)16(12)24/h3-6,24H,2H2,1H3. The summed E-state index contributed by atoms with van der Waals surface area (Å²) in [5.41, 5.74) is -1.06. The lowest BCUT2D eigenvalue weighted by atomic mass is 10.0. The van der Waals surface area contributed by atoms with Gasteiger partial charge in [0, 0.05) is 17.2 Å². The Morgan fingerprint density at radius 1 is 1.33 bits per heavy atom. The Balaban J connectivity index is 2.52. The van der Waals surface area contributed by atoms with Gasteiger partial charge in [-0.25, -0.2) is 22.9 Å². The zero-order chi connectivity index (χ0) is 19.9. The molecule has 2 aromatic heterocycles. The first-order valence-electron chi connectivity index (χ1n) is 7.52. The molecule has 1 aromatic carbocycles. The summed E-state index contributed by atoms with van der Waals surface area (Å²) in [5.74, 6) is -4.57. The topological polar surface area (TPSA) is 63.8 Å². The summed E-state index contributed by atoms with van der Waals surface area (Å²) >= 11 is 10.9. The van der Waals surface area contributed by atoms with E-state index in [1.807, 2.05) is 0 Å². The third kappa shape index (κ3) is 3.24. The summed E-state index contributed by atoms with van der Waals surface area (Å²) in [4.78, 5) is 16.0. The van der Waals surface area contributed by atoms with E-state index in [1.165, 1.54) is 6.92 Å². The molecule has 3 aromatic rings. The molecule has 0 aliphatic heterocycles. The molecule has 0 bridgehead atoms. The van der Waals surface area contributed by atoms with Crippen molar-refractivity contribution < 1.29 is 27.8 Å². The van der Waals surface area contributed by atoms with Crippen LogP contribution in [0, 0.1) is 22.0 Å². The molecule has 140 valence electrons. The molecule has 0 aliphatic rings. The van der Waals surface area contributed by atoms with Crippen LogP contribution in [-0.4, -0.2) is 27.1 Å². The minimum absolute atomic E-state index is 0.0246. The van der Waals surface area contributed by atoms with Crippen LogP contribution in [0.3, 0.4) is 0 Å². The Hall–Kier alpha value is -2.65.